The van der Waals surface area contributed by atoms with Gasteiger partial charge in [0.2, 0.25) is 0 Å². The van der Waals surface area contributed by atoms with Gasteiger partial charge in [-0.1, -0.05) is 11.6 Å². The summed E-state index contributed by atoms with van der Waals surface area (Å²) in [6.07, 6.45) is 2.64. The number of methoxy groups -OCH3 is 1. The zero-order chi connectivity index (χ0) is 21.1. The number of nitrogens with one attached hydrogen (secondary N) is 1. The molecule has 9 heteroatoms. The molecule has 29 heavy (non-hydrogen) atoms. The number of halogens is 1. The van der Waals surface area contributed by atoms with E-state index in [-0.39, 0.29) is 23.2 Å². The first-order valence-electron chi connectivity index (χ1n) is 8.75. The minimum absolute atomic E-state index is 0.104. The Bertz CT molecular complexity index is 981. The molecule has 0 bridgehead atoms. The van der Waals surface area contributed by atoms with Crippen molar-refractivity contribution in [3.05, 3.63) is 52.4 Å². The van der Waals surface area contributed by atoms with E-state index in [1.165, 1.54) is 19.4 Å². The van der Waals surface area contributed by atoms with E-state index in [1.54, 1.807) is 24.3 Å². The number of barbiturate groups is 1. The van der Waals surface area contributed by atoms with Gasteiger partial charge in [-0.25, -0.2) is 4.79 Å². The van der Waals surface area contributed by atoms with Gasteiger partial charge in [0.1, 0.15) is 11.3 Å². The molecule has 2 heterocycles. The second-order valence-corrected chi connectivity index (χ2v) is 6.90. The quantitative estimate of drug-likeness (QED) is 0.570. The molecule has 0 saturated carbocycles. The maximum absolute atomic E-state index is 12.8. The lowest BCUT2D eigenvalue weighted by molar-refractivity contribution is -0.130. The van der Waals surface area contributed by atoms with Gasteiger partial charge in [0.05, 0.1) is 31.0 Å². The number of benzene rings is 1. The molecule has 1 fully saturated rings. The minimum atomic E-state index is -0.815. The number of carbonyl (C=O) groups is 3. The number of imide groups is 2. The van der Waals surface area contributed by atoms with Crippen LogP contribution < -0.4 is 14.8 Å². The van der Waals surface area contributed by atoms with Crippen LogP contribution in [0.15, 0.2) is 40.5 Å². The average molecular weight is 419 g/mol. The van der Waals surface area contributed by atoms with Crippen LogP contribution in [0.2, 0.25) is 5.02 Å². The largest absolute Gasteiger partial charge is 0.493 e. The highest BCUT2D eigenvalue weighted by Gasteiger charge is 2.36. The van der Waals surface area contributed by atoms with E-state index in [0.29, 0.717) is 22.8 Å². The van der Waals surface area contributed by atoms with E-state index in [9.17, 15) is 14.4 Å². The van der Waals surface area contributed by atoms with Crippen LogP contribution >= 0.6 is 11.6 Å². The summed E-state index contributed by atoms with van der Waals surface area (Å²) in [5.41, 5.74) is 0.223. The van der Waals surface area contributed by atoms with Crippen molar-refractivity contribution in [3.8, 4) is 11.5 Å². The Kier molecular flexibility index (Phi) is 5.93. The summed E-state index contributed by atoms with van der Waals surface area (Å²) in [7, 11) is 1.46. The van der Waals surface area contributed by atoms with Gasteiger partial charge in [-0.15, -0.1) is 0 Å². The molecule has 152 valence electrons. The fraction of sp³-hybridized carbons (Fsp3) is 0.250. The summed E-state index contributed by atoms with van der Waals surface area (Å²) in [5.74, 6) is -0.422. The number of hydrogen-bond acceptors (Lipinski definition) is 6. The van der Waals surface area contributed by atoms with Crippen LogP contribution in [0.3, 0.4) is 0 Å². The van der Waals surface area contributed by atoms with E-state index in [1.807, 2.05) is 13.8 Å². The Morgan fingerprint density at radius 2 is 2.03 bits per heavy atom. The molecule has 8 nitrogen and oxygen atoms in total. The zero-order valence-electron chi connectivity index (χ0n) is 16.0. The third-order valence-electron chi connectivity index (χ3n) is 4.00. The molecular formula is C20H19ClN2O6. The van der Waals surface area contributed by atoms with Gasteiger partial charge < -0.3 is 13.9 Å². The highest BCUT2D eigenvalue weighted by Crippen LogP contribution is 2.37. The van der Waals surface area contributed by atoms with E-state index >= 15 is 0 Å². The molecule has 1 aromatic heterocycles. The van der Waals surface area contributed by atoms with Gasteiger partial charge in [-0.05, 0) is 49.8 Å². The molecule has 1 saturated heterocycles. The Balaban J connectivity index is 1.95. The van der Waals surface area contributed by atoms with Crippen molar-refractivity contribution in [1.82, 2.24) is 10.2 Å². The van der Waals surface area contributed by atoms with Crippen LogP contribution in [0.1, 0.15) is 25.2 Å². The van der Waals surface area contributed by atoms with Gasteiger partial charge in [0.25, 0.3) is 11.8 Å². The topological polar surface area (TPSA) is 98.1 Å². The summed E-state index contributed by atoms with van der Waals surface area (Å²) in [6.45, 7) is 3.59. The number of urea groups is 1. The van der Waals surface area contributed by atoms with Crippen LogP contribution in [0.4, 0.5) is 4.79 Å². The van der Waals surface area contributed by atoms with Crippen LogP contribution in [-0.4, -0.2) is 36.0 Å². The number of amides is 4. The highest BCUT2D eigenvalue weighted by atomic mass is 35.5. The lowest BCUT2D eigenvalue weighted by Gasteiger charge is -2.25. The Labute approximate surface area is 172 Å². The fourth-order valence-electron chi connectivity index (χ4n) is 2.74. The summed E-state index contributed by atoms with van der Waals surface area (Å²) in [5, 5.41) is 2.41. The maximum Gasteiger partial charge on any atom is 0.331 e. The SMILES string of the molecule is COc1cc(/C=C2\C(=O)NC(=O)N(Cc3ccco3)C2=O)cc(Cl)c1OC(C)C. The smallest absolute Gasteiger partial charge is 0.331 e. The summed E-state index contributed by atoms with van der Waals surface area (Å²) in [4.78, 5) is 38.0. The lowest BCUT2D eigenvalue weighted by atomic mass is 10.1. The number of furan rings is 1. The van der Waals surface area contributed by atoms with Crippen molar-refractivity contribution >= 4 is 35.5 Å². The van der Waals surface area contributed by atoms with E-state index in [4.69, 9.17) is 25.5 Å². The molecule has 0 aliphatic carbocycles. The zero-order valence-corrected chi connectivity index (χ0v) is 16.8. The van der Waals surface area contributed by atoms with Gasteiger partial charge in [-0.2, -0.15) is 0 Å². The van der Waals surface area contributed by atoms with Gasteiger partial charge in [-0.3, -0.25) is 19.8 Å². The Hall–Kier alpha value is -3.26. The van der Waals surface area contributed by atoms with Gasteiger partial charge >= 0.3 is 6.03 Å². The van der Waals surface area contributed by atoms with Crippen molar-refractivity contribution in [2.45, 2.75) is 26.5 Å². The molecule has 4 amide bonds. The Morgan fingerprint density at radius 3 is 2.66 bits per heavy atom. The second kappa shape index (κ2) is 8.40. The Morgan fingerprint density at radius 1 is 1.28 bits per heavy atom. The molecule has 1 aliphatic rings. The third kappa shape index (κ3) is 4.43. The standard InChI is InChI=1S/C20H19ClN2O6/c1-11(2)29-17-15(21)8-12(9-16(17)27-3)7-14-18(24)22-20(26)23(19(14)25)10-13-5-4-6-28-13/h4-9,11H,10H2,1-3H3,(H,22,24,26)/b14-7+. The van der Waals surface area contributed by atoms with Gasteiger partial charge in [0.15, 0.2) is 11.5 Å². The van der Waals surface area contributed by atoms with Gasteiger partial charge in [0, 0.05) is 0 Å². The number of rotatable bonds is 6. The molecule has 2 aromatic rings. The van der Waals surface area contributed by atoms with Crippen LogP contribution in [0.5, 0.6) is 11.5 Å². The minimum Gasteiger partial charge on any atom is -0.493 e. The summed E-state index contributed by atoms with van der Waals surface area (Å²) < 4.78 is 16.2. The predicted octanol–water partition coefficient (Wildman–Crippen LogP) is 3.39. The molecule has 1 N–H and O–H groups in total. The predicted molar refractivity (Wildman–Crippen MR) is 105 cm³/mol. The molecule has 0 unspecified atom stereocenters. The molecular weight excluding hydrogens is 400 g/mol. The second-order valence-electron chi connectivity index (χ2n) is 6.49. The normalized spacial score (nSPS) is 15.8. The molecule has 1 aliphatic heterocycles. The van der Waals surface area contributed by atoms with Crippen molar-refractivity contribution in [2.24, 2.45) is 0 Å². The molecule has 1 aromatic carbocycles. The molecule has 0 atom stereocenters. The summed E-state index contributed by atoms with van der Waals surface area (Å²) >= 11 is 6.30. The molecule has 3 rings (SSSR count). The van der Waals surface area contributed by atoms with Crippen LogP contribution in [0.25, 0.3) is 6.08 Å². The highest BCUT2D eigenvalue weighted by molar-refractivity contribution is 6.33. The first kappa shape index (κ1) is 20.5. The first-order chi connectivity index (χ1) is 13.8. The van der Waals surface area contributed by atoms with Crippen molar-refractivity contribution in [2.75, 3.05) is 7.11 Å². The van der Waals surface area contributed by atoms with E-state index in [2.05, 4.69) is 5.32 Å². The first-order valence-corrected chi connectivity index (χ1v) is 9.13. The van der Waals surface area contributed by atoms with E-state index < -0.39 is 17.8 Å². The van der Waals surface area contributed by atoms with Crippen molar-refractivity contribution < 1.29 is 28.3 Å². The molecule has 0 radical (unpaired) electrons. The lowest BCUT2D eigenvalue weighted by Crippen LogP contribution is -2.53. The number of ether oxygens (including phenoxy) is 2. The fourth-order valence-corrected chi connectivity index (χ4v) is 3.00. The van der Waals surface area contributed by atoms with Crippen molar-refractivity contribution in [1.29, 1.82) is 0 Å². The van der Waals surface area contributed by atoms with E-state index in [0.717, 1.165) is 4.90 Å². The number of hydrogen-bond donors (Lipinski definition) is 1. The number of nitrogens with zero attached hydrogens (tertiary/aromatic N) is 1. The number of carbonyl (C=O) groups excluding carboxylic acids is 3. The molecule has 0 spiro atoms. The monoisotopic (exact) mass is 418 g/mol. The third-order valence-corrected chi connectivity index (χ3v) is 4.28. The van der Waals surface area contributed by atoms with Crippen molar-refractivity contribution in [3.63, 3.8) is 0 Å². The summed E-state index contributed by atoms with van der Waals surface area (Å²) in [6, 6.07) is 5.58. The van der Waals surface area contributed by atoms with Crippen LogP contribution in [0, 0.1) is 0 Å². The average Bonchev–Trinajstić information content (AvgIpc) is 3.17. The van der Waals surface area contributed by atoms with Crippen LogP contribution in [-0.2, 0) is 16.1 Å². The maximum atomic E-state index is 12.8.